The zero-order chi connectivity index (χ0) is 20.5. The van der Waals surface area contributed by atoms with Crippen molar-refractivity contribution in [1.82, 2.24) is 5.32 Å². The summed E-state index contributed by atoms with van der Waals surface area (Å²) < 4.78 is 15.7. The van der Waals surface area contributed by atoms with E-state index < -0.39 is 24.2 Å². The van der Waals surface area contributed by atoms with Crippen molar-refractivity contribution in [3.05, 3.63) is 38.7 Å². The van der Waals surface area contributed by atoms with Crippen molar-refractivity contribution in [1.29, 1.82) is 0 Å². The first-order valence-corrected chi connectivity index (χ1v) is 9.47. The number of amides is 1. The number of halogens is 1. The summed E-state index contributed by atoms with van der Waals surface area (Å²) in [6, 6.07) is 3.08. The van der Waals surface area contributed by atoms with Gasteiger partial charge in [-0.1, -0.05) is 11.6 Å². The van der Waals surface area contributed by atoms with Crippen molar-refractivity contribution in [3.63, 3.8) is 0 Å². The molecule has 0 radical (unpaired) electrons. The monoisotopic (exact) mass is 407 g/mol. The Morgan fingerprint density at radius 1 is 1.18 bits per heavy atom. The lowest BCUT2D eigenvalue weighted by Gasteiger charge is -2.19. The highest BCUT2D eigenvalue weighted by atomic mass is 35.5. The second-order valence-corrected chi connectivity index (χ2v) is 8.07. The van der Waals surface area contributed by atoms with E-state index in [0.29, 0.717) is 17.6 Å². The molecule has 0 fully saturated rings. The third-order valence-corrected chi connectivity index (χ3v) is 4.57. The Morgan fingerprint density at radius 2 is 1.86 bits per heavy atom. The minimum atomic E-state index is -0.730. The van der Waals surface area contributed by atoms with Crippen LogP contribution in [-0.4, -0.2) is 24.2 Å². The molecular weight excluding hydrogens is 386 g/mol. The normalized spacial score (nSPS) is 13.7. The van der Waals surface area contributed by atoms with Crippen LogP contribution in [-0.2, 0) is 22.4 Å². The molecule has 7 nitrogen and oxygen atoms in total. The summed E-state index contributed by atoms with van der Waals surface area (Å²) in [5.41, 5.74) is 0.920. The first-order chi connectivity index (χ1) is 13.1. The number of hydrogen-bond donors (Lipinski definition) is 1. The number of nitrogens with one attached hydrogen (secondary N) is 1. The molecule has 1 N–H and O–H groups in total. The number of benzene rings is 1. The molecule has 0 aliphatic heterocycles. The van der Waals surface area contributed by atoms with Crippen LogP contribution in [0, 0.1) is 0 Å². The van der Waals surface area contributed by atoms with E-state index in [9.17, 15) is 14.4 Å². The Kier molecular flexibility index (Phi) is 5.65. The molecule has 0 atom stereocenters. The van der Waals surface area contributed by atoms with Gasteiger partial charge in [0, 0.05) is 17.0 Å². The quantitative estimate of drug-likeness (QED) is 0.473. The smallest absolute Gasteiger partial charge is 0.408 e. The largest absolute Gasteiger partial charge is 0.444 e. The molecule has 1 aromatic heterocycles. The van der Waals surface area contributed by atoms with Crippen LogP contribution >= 0.6 is 11.6 Å². The molecule has 1 aliphatic rings. The van der Waals surface area contributed by atoms with Gasteiger partial charge in [0.15, 0.2) is 5.75 Å². The fraction of sp³-hybridized carbons (Fsp3) is 0.450. The number of ether oxygens (including phenoxy) is 2. The van der Waals surface area contributed by atoms with Crippen LogP contribution in [0.2, 0.25) is 5.02 Å². The number of esters is 1. The van der Waals surface area contributed by atoms with Gasteiger partial charge in [0.05, 0.1) is 5.02 Å². The number of alkyl carbamates (subject to hydrolysis) is 1. The number of hydrogen-bond acceptors (Lipinski definition) is 6. The van der Waals surface area contributed by atoms with E-state index in [-0.39, 0.29) is 16.4 Å². The van der Waals surface area contributed by atoms with Gasteiger partial charge in [-0.15, -0.1) is 0 Å². The predicted molar refractivity (Wildman–Crippen MR) is 104 cm³/mol. The minimum Gasteiger partial charge on any atom is -0.444 e. The average Bonchev–Trinajstić information content (AvgIpc) is 2.60. The lowest BCUT2D eigenvalue weighted by molar-refractivity contribution is -0.133. The van der Waals surface area contributed by atoms with Crippen LogP contribution in [0.15, 0.2) is 21.3 Å². The van der Waals surface area contributed by atoms with Crippen molar-refractivity contribution < 1.29 is 23.5 Å². The topological polar surface area (TPSA) is 94.8 Å². The lowest BCUT2D eigenvalue weighted by Crippen LogP contribution is -2.36. The Bertz CT molecular complexity index is 989. The molecule has 0 unspecified atom stereocenters. The van der Waals surface area contributed by atoms with E-state index in [4.69, 9.17) is 25.5 Å². The molecule has 8 heteroatoms. The molecule has 1 amide bonds. The third-order valence-electron chi connectivity index (χ3n) is 4.28. The Balaban J connectivity index is 1.77. The summed E-state index contributed by atoms with van der Waals surface area (Å²) in [5, 5.41) is 3.29. The summed E-state index contributed by atoms with van der Waals surface area (Å²) in [5.74, 6) is -0.670. The molecule has 0 saturated heterocycles. The van der Waals surface area contributed by atoms with Gasteiger partial charge in [0.25, 0.3) is 0 Å². The minimum absolute atomic E-state index is 0.0593. The SMILES string of the molecule is CC(C)(C)OC(=O)NCC(=O)Oc1cc2oc(=O)c3c(c2cc1Cl)CCCC3. The van der Waals surface area contributed by atoms with Gasteiger partial charge in [0.2, 0.25) is 0 Å². The molecule has 150 valence electrons. The highest BCUT2D eigenvalue weighted by Gasteiger charge is 2.21. The highest BCUT2D eigenvalue weighted by Crippen LogP contribution is 2.34. The molecule has 3 rings (SSSR count). The maximum absolute atomic E-state index is 12.2. The van der Waals surface area contributed by atoms with Gasteiger partial charge >= 0.3 is 17.7 Å². The van der Waals surface area contributed by atoms with Crippen molar-refractivity contribution >= 4 is 34.6 Å². The first-order valence-electron chi connectivity index (χ1n) is 9.10. The third kappa shape index (κ3) is 4.65. The number of carbonyl (C=O) groups excluding carboxylic acids is 2. The highest BCUT2D eigenvalue weighted by molar-refractivity contribution is 6.33. The van der Waals surface area contributed by atoms with Crippen molar-refractivity contribution in [2.45, 2.75) is 52.1 Å². The summed E-state index contributed by atoms with van der Waals surface area (Å²) in [7, 11) is 0. The van der Waals surface area contributed by atoms with E-state index >= 15 is 0 Å². The first kappa shape index (κ1) is 20.2. The number of carbonyl (C=O) groups is 2. The van der Waals surface area contributed by atoms with Crippen LogP contribution in [0.5, 0.6) is 5.75 Å². The second kappa shape index (κ2) is 7.83. The van der Waals surface area contributed by atoms with Gasteiger partial charge < -0.3 is 19.2 Å². The number of aryl methyl sites for hydroxylation is 1. The fourth-order valence-corrected chi connectivity index (χ4v) is 3.34. The van der Waals surface area contributed by atoms with E-state index in [1.165, 1.54) is 6.07 Å². The Morgan fingerprint density at radius 3 is 2.54 bits per heavy atom. The van der Waals surface area contributed by atoms with Crippen molar-refractivity contribution in [3.8, 4) is 5.75 Å². The van der Waals surface area contributed by atoms with Crippen LogP contribution in [0.4, 0.5) is 4.79 Å². The summed E-state index contributed by atoms with van der Waals surface area (Å²) in [6.07, 6.45) is 2.70. The molecule has 28 heavy (non-hydrogen) atoms. The van der Waals surface area contributed by atoms with Crippen LogP contribution in [0.3, 0.4) is 0 Å². The summed E-state index contributed by atoms with van der Waals surface area (Å²) in [4.78, 5) is 35.9. The van der Waals surface area contributed by atoms with Gasteiger partial charge in [-0.3, -0.25) is 0 Å². The van der Waals surface area contributed by atoms with Crippen molar-refractivity contribution in [2.75, 3.05) is 6.54 Å². The van der Waals surface area contributed by atoms with E-state index in [1.807, 2.05) is 0 Å². The number of rotatable bonds is 3. The van der Waals surface area contributed by atoms with Crippen LogP contribution < -0.4 is 15.7 Å². The number of fused-ring (bicyclic) bond motifs is 3. The standard InChI is InChI=1S/C20H22ClNO6/c1-20(2,3)28-19(25)22-10-17(23)26-16-9-15-13(8-14(16)21)11-6-4-5-7-12(11)18(24)27-15/h8-9H,4-7,10H2,1-3H3,(H,22,25). The molecular formula is C20H22ClNO6. The fourth-order valence-electron chi connectivity index (χ4n) is 3.14. The molecule has 1 aromatic carbocycles. The zero-order valence-corrected chi connectivity index (χ0v) is 16.8. The van der Waals surface area contributed by atoms with E-state index in [2.05, 4.69) is 5.32 Å². The van der Waals surface area contributed by atoms with Crippen LogP contribution in [0.1, 0.15) is 44.7 Å². The lowest BCUT2D eigenvalue weighted by atomic mass is 9.91. The van der Waals surface area contributed by atoms with E-state index in [1.54, 1.807) is 26.8 Å². The predicted octanol–water partition coefficient (Wildman–Crippen LogP) is 3.76. The van der Waals surface area contributed by atoms with Gasteiger partial charge in [-0.25, -0.2) is 14.4 Å². The van der Waals surface area contributed by atoms with Gasteiger partial charge in [-0.05, 0) is 58.1 Å². The molecule has 0 spiro atoms. The Hall–Kier alpha value is -2.54. The van der Waals surface area contributed by atoms with Gasteiger partial charge in [-0.2, -0.15) is 0 Å². The average molecular weight is 408 g/mol. The molecule has 0 bridgehead atoms. The Labute approximate surface area is 166 Å². The van der Waals surface area contributed by atoms with Crippen molar-refractivity contribution in [2.24, 2.45) is 0 Å². The molecule has 0 saturated carbocycles. The molecule has 1 aliphatic carbocycles. The second-order valence-electron chi connectivity index (χ2n) is 7.66. The van der Waals surface area contributed by atoms with E-state index in [0.717, 1.165) is 30.2 Å². The molecule has 1 heterocycles. The van der Waals surface area contributed by atoms with Gasteiger partial charge in [0.1, 0.15) is 17.7 Å². The van der Waals surface area contributed by atoms with Crippen LogP contribution in [0.25, 0.3) is 11.0 Å². The summed E-state index contributed by atoms with van der Waals surface area (Å²) >= 11 is 6.27. The maximum atomic E-state index is 12.2. The molecule has 2 aromatic rings. The maximum Gasteiger partial charge on any atom is 0.408 e. The summed E-state index contributed by atoms with van der Waals surface area (Å²) in [6.45, 7) is 4.75. The zero-order valence-electron chi connectivity index (χ0n) is 16.0.